The second kappa shape index (κ2) is 5.10. The van der Waals surface area contributed by atoms with Gasteiger partial charge in [0.05, 0.1) is 18.6 Å². The van der Waals surface area contributed by atoms with Gasteiger partial charge < -0.3 is 15.2 Å². The van der Waals surface area contributed by atoms with E-state index in [1.165, 1.54) is 0 Å². The average Bonchev–Trinajstić information content (AvgIpc) is 2.76. The Labute approximate surface area is 108 Å². The Morgan fingerprint density at radius 2 is 2.22 bits per heavy atom. The summed E-state index contributed by atoms with van der Waals surface area (Å²) in [6, 6.07) is 0. The van der Waals surface area contributed by atoms with Crippen LogP contribution in [0.2, 0.25) is 0 Å². The maximum atomic E-state index is 12.3. The number of hydrogen-bond donors (Lipinski definition) is 2. The molecular formula is C13H22N4O. The predicted molar refractivity (Wildman–Crippen MR) is 70.0 cm³/mol. The fourth-order valence-corrected chi connectivity index (χ4v) is 2.28. The third kappa shape index (κ3) is 2.72. The lowest BCUT2D eigenvalue weighted by Crippen LogP contribution is -2.46. The number of imidazole rings is 1. The SMILES string of the molecule is Cc1[nH]cnc1CNC(=O)C1(C)CCN(C)CC1. The highest BCUT2D eigenvalue weighted by Gasteiger charge is 2.35. The van der Waals surface area contributed by atoms with Crippen molar-refractivity contribution >= 4 is 5.91 Å². The molecule has 0 aliphatic carbocycles. The van der Waals surface area contributed by atoms with Gasteiger partial charge in [0, 0.05) is 11.1 Å². The van der Waals surface area contributed by atoms with Gasteiger partial charge in [-0.3, -0.25) is 4.79 Å². The molecule has 1 aromatic heterocycles. The topological polar surface area (TPSA) is 61.0 Å². The minimum absolute atomic E-state index is 0.151. The number of H-pyrrole nitrogens is 1. The highest BCUT2D eigenvalue weighted by molar-refractivity contribution is 5.82. The van der Waals surface area contributed by atoms with Crippen LogP contribution >= 0.6 is 0 Å². The van der Waals surface area contributed by atoms with Crippen LogP contribution in [-0.2, 0) is 11.3 Å². The minimum atomic E-state index is -0.225. The molecule has 0 atom stereocenters. The monoisotopic (exact) mass is 250 g/mol. The molecule has 1 saturated heterocycles. The van der Waals surface area contributed by atoms with Crippen LogP contribution in [0.25, 0.3) is 0 Å². The maximum absolute atomic E-state index is 12.3. The van der Waals surface area contributed by atoms with Crippen molar-refractivity contribution in [3.05, 3.63) is 17.7 Å². The molecule has 18 heavy (non-hydrogen) atoms. The highest BCUT2D eigenvalue weighted by Crippen LogP contribution is 2.30. The first kappa shape index (κ1) is 13.1. The van der Waals surface area contributed by atoms with E-state index in [9.17, 15) is 4.79 Å². The third-order valence-electron chi connectivity index (χ3n) is 3.99. The number of piperidine rings is 1. The number of aromatic amines is 1. The van der Waals surface area contributed by atoms with E-state index in [2.05, 4.69) is 34.2 Å². The first-order chi connectivity index (χ1) is 8.51. The van der Waals surface area contributed by atoms with Gasteiger partial charge in [0.1, 0.15) is 0 Å². The van der Waals surface area contributed by atoms with Gasteiger partial charge in [-0.25, -0.2) is 4.98 Å². The molecule has 100 valence electrons. The van der Waals surface area contributed by atoms with Gasteiger partial charge in [0.15, 0.2) is 0 Å². The Morgan fingerprint density at radius 1 is 1.56 bits per heavy atom. The molecule has 0 unspecified atom stereocenters. The van der Waals surface area contributed by atoms with Crippen molar-refractivity contribution in [2.24, 2.45) is 5.41 Å². The summed E-state index contributed by atoms with van der Waals surface area (Å²) in [5, 5.41) is 3.01. The van der Waals surface area contributed by atoms with Crippen molar-refractivity contribution in [1.82, 2.24) is 20.2 Å². The number of carbonyl (C=O) groups is 1. The Hall–Kier alpha value is -1.36. The number of hydrogen-bond acceptors (Lipinski definition) is 3. The number of likely N-dealkylation sites (tertiary alicyclic amines) is 1. The molecule has 0 spiro atoms. The molecule has 5 heteroatoms. The van der Waals surface area contributed by atoms with Crippen molar-refractivity contribution in [1.29, 1.82) is 0 Å². The van der Waals surface area contributed by atoms with E-state index < -0.39 is 0 Å². The van der Waals surface area contributed by atoms with E-state index in [-0.39, 0.29) is 11.3 Å². The molecule has 1 amide bonds. The zero-order valence-electron chi connectivity index (χ0n) is 11.4. The fourth-order valence-electron chi connectivity index (χ4n) is 2.28. The van der Waals surface area contributed by atoms with Crippen LogP contribution in [0, 0.1) is 12.3 Å². The summed E-state index contributed by atoms with van der Waals surface area (Å²) in [4.78, 5) is 21.7. The van der Waals surface area contributed by atoms with Crippen molar-refractivity contribution in [3.8, 4) is 0 Å². The number of amides is 1. The van der Waals surface area contributed by atoms with Gasteiger partial charge in [-0.1, -0.05) is 6.92 Å². The molecule has 0 saturated carbocycles. The van der Waals surface area contributed by atoms with Crippen LogP contribution in [-0.4, -0.2) is 40.9 Å². The van der Waals surface area contributed by atoms with Crippen molar-refractivity contribution < 1.29 is 4.79 Å². The van der Waals surface area contributed by atoms with E-state index in [0.717, 1.165) is 37.3 Å². The number of nitrogens with one attached hydrogen (secondary N) is 2. The quantitative estimate of drug-likeness (QED) is 0.843. The molecule has 5 nitrogen and oxygen atoms in total. The van der Waals surface area contributed by atoms with Crippen molar-refractivity contribution in [2.75, 3.05) is 20.1 Å². The van der Waals surface area contributed by atoms with Gasteiger partial charge in [-0.15, -0.1) is 0 Å². The second-order valence-electron chi connectivity index (χ2n) is 5.52. The number of aromatic nitrogens is 2. The Morgan fingerprint density at radius 3 is 2.78 bits per heavy atom. The number of rotatable bonds is 3. The van der Waals surface area contributed by atoms with Crippen LogP contribution < -0.4 is 5.32 Å². The summed E-state index contributed by atoms with van der Waals surface area (Å²) in [5.41, 5.74) is 1.71. The summed E-state index contributed by atoms with van der Waals surface area (Å²) in [7, 11) is 2.10. The molecule has 2 heterocycles. The number of aryl methyl sites for hydroxylation is 1. The molecule has 1 aromatic rings. The van der Waals surface area contributed by atoms with E-state index in [4.69, 9.17) is 0 Å². The number of nitrogens with zero attached hydrogens (tertiary/aromatic N) is 2. The standard InChI is InChI=1S/C13H22N4O/c1-10-11(16-9-15-10)8-14-12(18)13(2)4-6-17(3)7-5-13/h9H,4-8H2,1-3H3,(H,14,18)(H,15,16). The van der Waals surface area contributed by atoms with Crippen molar-refractivity contribution in [2.45, 2.75) is 33.2 Å². The molecule has 1 aliphatic heterocycles. The lowest BCUT2D eigenvalue weighted by Gasteiger charge is -2.36. The zero-order valence-corrected chi connectivity index (χ0v) is 11.4. The van der Waals surface area contributed by atoms with Gasteiger partial charge >= 0.3 is 0 Å². The lowest BCUT2D eigenvalue weighted by atomic mass is 9.79. The summed E-state index contributed by atoms with van der Waals surface area (Å²) in [5.74, 6) is 0.151. The highest BCUT2D eigenvalue weighted by atomic mass is 16.2. The van der Waals surface area contributed by atoms with Crippen molar-refractivity contribution in [3.63, 3.8) is 0 Å². The molecule has 0 aromatic carbocycles. The summed E-state index contributed by atoms with van der Waals surface area (Å²) in [6.45, 7) is 6.52. The van der Waals surface area contributed by atoms with E-state index >= 15 is 0 Å². The second-order valence-corrected chi connectivity index (χ2v) is 5.52. The molecule has 1 aliphatic rings. The Balaban J connectivity index is 1.90. The summed E-state index contributed by atoms with van der Waals surface area (Å²) >= 11 is 0. The minimum Gasteiger partial charge on any atom is -0.350 e. The number of carbonyl (C=O) groups excluding carboxylic acids is 1. The van der Waals surface area contributed by atoms with Crippen LogP contribution in [0.3, 0.4) is 0 Å². The average molecular weight is 250 g/mol. The predicted octanol–water partition coefficient (Wildman–Crippen LogP) is 1.07. The van der Waals surface area contributed by atoms with Crippen LogP contribution in [0.15, 0.2) is 6.33 Å². The molecule has 2 N–H and O–H groups in total. The van der Waals surface area contributed by atoms with E-state index in [0.29, 0.717) is 6.54 Å². The largest absolute Gasteiger partial charge is 0.350 e. The normalized spacial score (nSPS) is 19.7. The third-order valence-corrected chi connectivity index (χ3v) is 3.99. The smallest absolute Gasteiger partial charge is 0.226 e. The Bertz CT molecular complexity index is 418. The fraction of sp³-hybridized carbons (Fsp3) is 0.692. The zero-order chi connectivity index (χ0) is 13.2. The van der Waals surface area contributed by atoms with Crippen LogP contribution in [0.5, 0.6) is 0 Å². The molecular weight excluding hydrogens is 228 g/mol. The molecule has 0 bridgehead atoms. The lowest BCUT2D eigenvalue weighted by molar-refractivity contribution is -0.132. The van der Waals surface area contributed by atoms with Gasteiger partial charge in [0.25, 0.3) is 0 Å². The van der Waals surface area contributed by atoms with Crippen LogP contribution in [0.4, 0.5) is 0 Å². The van der Waals surface area contributed by atoms with Gasteiger partial charge in [0.2, 0.25) is 5.91 Å². The molecule has 0 radical (unpaired) electrons. The van der Waals surface area contributed by atoms with E-state index in [1.54, 1.807) is 6.33 Å². The van der Waals surface area contributed by atoms with E-state index in [1.807, 2.05) is 6.92 Å². The maximum Gasteiger partial charge on any atom is 0.226 e. The Kier molecular flexibility index (Phi) is 3.71. The molecule has 2 rings (SSSR count). The first-order valence-corrected chi connectivity index (χ1v) is 6.47. The van der Waals surface area contributed by atoms with Crippen LogP contribution in [0.1, 0.15) is 31.2 Å². The first-order valence-electron chi connectivity index (χ1n) is 6.47. The molecule has 1 fully saturated rings. The van der Waals surface area contributed by atoms with Gasteiger partial charge in [-0.05, 0) is 39.9 Å². The summed E-state index contributed by atoms with van der Waals surface area (Å²) in [6.07, 6.45) is 3.51. The summed E-state index contributed by atoms with van der Waals surface area (Å²) < 4.78 is 0. The van der Waals surface area contributed by atoms with Gasteiger partial charge in [-0.2, -0.15) is 0 Å².